The lowest BCUT2D eigenvalue weighted by Crippen LogP contribution is -2.39. The third-order valence-corrected chi connectivity index (χ3v) is 8.99. The number of fused-ring (bicyclic) bond motifs is 4. The van der Waals surface area contributed by atoms with Crippen LogP contribution in [0.5, 0.6) is 0 Å². The van der Waals surface area contributed by atoms with Crippen LogP contribution >= 0.6 is 11.3 Å². The van der Waals surface area contributed by atoms with Crippen LogP contribution in [0.15, 0.2) is 99.6 Å². The van der Waals surface area contributed by atoms with Crippen LogP contribution in [-0.2, 0) is 4.74 Å². The first-order chi connectivity index (χ1) is 17.7. The van der Waals surface area contributed by atoms with E-state index in [2.05, 4.69) is 92.0 Å². The number of ether oxygens (including phenoxy) is 1. The molecule has 4 nitrogen and oxygen atoms in total. The van der Waals surface area contributed by atoms with Crippen LogP contribution in [0.25, 0.3) is 10.1 Å². The van der Waals surface area contributed by atoms with E-state index in [1.54, 1.807) is 0 Å². The molecule has 5 aliphatic rings. The predicted octanol–water partition coefficient (Wildman–Crippen LogP) is 6.64. The summed E-state index contributed by atoms with van der Waals surface area (Å²) in [6.07, 6.45) is 23.1. The van der Waals surface area contributed by atoms with E-state index in [1.807, 2.05) is 11.3 Å². The molecule has 2 aromatic rings. The van der Waals surface area contributed by atoms with E-state index < -0.39 is 0 Å². The number of aryl methyl sites for hydroxylation is 2. The Morgan fingerprint density at radius 2 is 1.97 bits per heavy atom. The van der Waals surface area contributed by atoms with Crippen molar-refractivity contribution in [1.29, 1.82) is 0 Å². The van der Waals surface area contributed by atoms with Crippen molar-refractivity contribution in [2.75, 3.05) is 0 Å². The Hall–Kier alpha value is -3.28. The first kappa shape index (κ1) is 22.0. The van der Waals surface area contributed by atoms with E-state index in [-0.39, 0.29) is 24.3 Å². The van der Waals surface area contributed by atoms with Gasteiger partial charge in [-0.3, -0.25) is 0 Å². The third-order valence-electron chi connectivity index (χ3n) is 7.81. The molecule has 1 fully saturated rings. The topological polar surface area (TPSA) is 46.0 Å². The molecule has 1 N–H and O–H groups in total. The molecule has 180 valence electrons. The second kappa shape index (κ2) is 8.68. The van der Waals surface area contributed by atoms with Gasteiger partial charge in [0.05, 0.1) is 12.2 Å². The molecule has 1 saturated heterocycles. The van der Waals surface area contributed by atoms with Crippen molar-refractivity contribution in [2.24, 2.45) is 15.9 Å². The molecule has 0 amide bonds. The monoisotopic (exact) mass is 491 g/mol. The number of benzene rings is 1. The maximum atomic E-state index is 6.32. The fourth-order valence-electron chi connectivity index (χ4n) is 5.84. The summed E-state index contributed by atoms with van der Waals surface area (Å²) < 4.78 is 7.62. The normalized spacial score (nSPS) is 28.6. The van der Waals surface area contributed by atoms with Crippen LogP contribution in [0, 0.1) is 19.8 Å². The van der Waals surface area contributed by atoms with Crippen molar-refractivity contribution in [2.45, 2.75) is 51.5 Å². The van der Waals surface area contributed by atoms with Crippen molar-refractivity contribution >= 4 is 33.1 Å². The van der Waals surface area contributed by atoms with Crippen LogP contribution < -0.4 is 5.32 Å². The minimum absolute atomic E-state index is 0.104. The molecule has 0 radical (unpaired) electrons. The number of rotatable bonds is 3. The van der Waals surface area contributed by atoms with E-state index >= 15 is 0 Å². The lowest BCUT2D eigenvalue weighted by atomic mass is 9.85. The van der Waals surface area contributed by atoms with Crippen molar-refractivity contribution in [3.05, 3.63) is 106 Å². The Balaban J connectivity index is 1.31. The fraction of sp³-hybridized carbons (Fsp3) is 0.290. The lowest BCUT2D eigenvalue weighted by Gasteiger charge is -2.26. The van der Waals surface area contributed by atoms with Crippen molar-refractivity contribution in [3.8, 4) is 0 Å². The highest BCUT2D eigenvalue weighted by molar-refractivity contribution is 7.19. The Labute approximate surface area is 215 Å². The molecular formula is C31H29N3OS. The van der Waals surface area contributed by atoms with Crippen LogP contribution in [-0.4, -0.2) is 30.0 Å². The molecule has 1 aromatic heterocycles. The zero-order chi connectivity index (χ0) is 24.2. The molecule has 1 aromatic carbocycles. The van der Waals surface area contributed by atoms with Gasteiger partial charge < -0.3 is 10.1 Å². The summed E-state index contributed by atoms with van der Waals surface area (Å²) in [7, 11) is 0. The maximum Gasteiger partial charge on any atom is 0.169 e. The molecule has 0 bridgehead atoms. The van der Waals surface area contributed by atoms with Gasteiger partial charge >= 0.3 is 0 Å². The summed E-state index contributed by atoms with van der Waals surface area (Å²) in [5.41, 5.74) is 6.14. The van der Waals surface area contributed by atoms with Crippen LogP contribution in [0.3, 0.4) is 0 Å². The molecule has 7 rings (SSSR count). The minimum atomic E-state index is -0.250. The largest absolute Gasteiger partial charge is 0.365 e. The molecule has 2 aliphatic heterocycles. The maximum absolute atomic E-state index is 6.32. The Bertz CT molecular complexity index is 1510. The average Bonchev–Trinajstić information content (AvgIpc) is 3.45. The summed E-state index contributed by atoms with van der Waals surface area (Å²) in [5.74, 6) is 2.04. The molecule has 3 aliphatic carbocycles. The lowest BCUT2D eigenvalue weighted by molar-refractivity contribution is 0.0738. The standard InChI is InChI=1S/C31H29N3OS/c1-18-19(2)36-27-14-8-12-23(28(18)27)31-33-29(20-9-4-3-5-10-20)32-30(34-31)21-15-16-26-24(17-21)22-11-6-7-13-25(22)35-26/h4,6-12,14-17,24-26,29H,3,5,13H2,1-2H3,(H,32,33,34)/t24?,25-,26?,29?/m1/s1. The number of aliphatic imine (C=N–C) groups is 2. The minimum Gasteiger partial charge on any atom is -0.365 e. The molecule has 0 saturated carbocycles. The number of nitrogens with one attached hydrogen (secondary N) is 1. The number of nitrogens with zero attached hydrogens (tertiary/aromatic N) is 2. The van der Waals surface area contributed by atoms with Gasteiger partial charge in [0.15, 0.2) is 6.17 Å². The third kappa shape index (κ3) is 3.61. The molecule has 36 heavy (non-hydrogen) atoms. The van der Waals surface area contributed by atoms with Gasteiger partial charge in [-0.1, -0.05) is 66.8 Å². The zero-order valence-corrected chi connectivity index (χ0v) is 21.4. The second-order valence-corrected chi connectivity index (χ2v) is 11.3. The Morgan fingerprint density at radius 3 is 2.86 bits per heavy atom. The van der Waals surface area contributed by atoms with Gasteiger partial charge in [-0.15, -0.1) is 11.3 Å². The summed E-state index contributed by atoms with van der Waals surface area (Å²) in [6.45, 7) is 4.42. The quantitative estimate of drug-likeness (QED) is 0.523. The molecular weight excluding hydrogens is 462 g/mol. The Kier molecular flexibility index (Phi) is 5.30. The van der Waals surface area contributed by atoms with Gasteiger partial charge in [0.25, 0.3) is 0 Å². The van der Waals surface area contributed by atoms with Crippen molar-refractivity contribution < 1.29 is 4.74 Å². The van der Waals surface area contributed by atoms with Gasteiger partial charge in [-0.25, -0.2) is 9.98 Å². The number of hydrogen-bond donors (Lipinski definition) is 1. The van der Waals surface area contributed by atoms with Gasteiger partial charge in [-0.05, 0) is 55.9 Å². The molecule has 5 heteroatoms. The van der Waals surface area contributed by atoms with Gasteiger partial charge in [0.1, 0.15) is 11.7 Å². The number of thiophene rings is 1. The summed E-state index contributed by atoms with van der Waals surface area (Å²) in [5, 5.41) is 4.94. The average molecular weight is 492 g/mol. The first-order valence-corrected chi connectivity index (χ1v) is 13.7. The summed E-state index contributed by atoms with van der Waals surface area (Å²) in [6, 6.07) is 6.54. The van der Waals surface area contributed by atoms with E-state index in [4.69, 9.17) is 14.7 Å². The highest BCUT2D eigenvalue weighted by Crippen LogP contribution is 2.40. The van der Waals surface area contributed by atoms with Crippen LogP contribution in [0.2, 0.25) is 0 Å². The van der Waals surface area contributed by atoms with Crippen molar-refractivity contribution in [3.63, 3.8) is 0 Å². The van der Waals surface area contributed by atoms with E-state index in [0.29, 0.717) is 0 Å². The van der Waals surface area contributed by atoms with Crippen LogP contribution in [0.4, 0.5) is 0 Å². The molecule has 0 spiro atoms. The van der Waals surface area contributed by atoms with Gasteiger partial charge in [-0.2, -0.15) is 0 Å². The molecule has 4 atom stereocenters. The van der Waals surface area contributed by atoms with Gasteiger partial charge in [0, 0.05) is 32.0 Å². The SMILES string of the molecule is Cc1sc2cccc(C3=NC(C4=CCCC=C4)N=C(C4=CC5C6=CC=CC[C@H]6OC5C=C4)N3)c2c1C. The highest BCUT2D eigenvalue weighted by Gasteiger charge is 2.39. The smallest absolute Gasteiger partial charge is 0.169 e. The van der Waals surface area contributed by atoms with E-state index in [1.165, 1.54) is 31.7 Å². The predicted molar refractivity (Wildman–Crippen MR) is 150 cm³/mol. The summed E-state index contributed by atoms with van der Waals surface area (Å²) >= 11 is 1.85. The number of allylic oxidation sites excluding steroid dienone is 4. The first-order valence-electron chi connectivity index (χ1n) is 12.9. The van der Waals surface area contributed by atoms with Gasteiger partial charge in [0.2, 0.25) is 0 Å². The second-order valence-electron chi connectivity index (χ2n) is 10.0. The van der Waals surface area contributed by atoms with E-state index in [0.717, 1.165) is 42.1 Å². The molecule has 3 unspecified atom stereocenters. The number of amidine groups is 2. The zero-order valence-electron chi connectivity index (χ0n) is 20.6. The van der Waals surface area contributed by atoms with Crippen LogP contribution in [0.1, 0.15) is 35.3 Å². The van der Waals surface area contributed by atoms with E-state index in [9.17, 15) is 0 Å². The highest BCUT2D eigenvalue weighted by atomic mass is 32.1. The fourth-order valence-corrected chi connectivity index (χ4v) is 6.93. The van der Waals surface area contributed by atoms with Crippen molar-refractivity contribution in [1.82, 2.24) is 5.32 Å². The Morgan fingerprint density at radius 1 is 1.06 bits per heavy atom. The summed E-state index contributed by atoms with van der Waals surface area (Å²) in [4.78, 5) is 11.7. The molecule has 3 heterocycles. The number of hydrogen-bond acceptors (Lipinski definition) is 5.